The molecule has 23 heavy (non-hydrogen) atoms. The van der Waals surface area contributed by atoms with Gasteiger partial charge in [-0.2, -0.15) is 0 Å². The number of anilines is 1. The number of carbonyl (C=O) groups is 2. The number of hydrogen-bond donors (Lipinski definition) is 1. The standard InChI is InChI=1S/C16H15ClN2O4/c1-10(15(20)19-13-7-4-8-18-14(13)17)23-12-6-3-5-11(9-12)16(21)22-2/h3-10H,1-2H3,(H,19,20)/t10-/m1/s1. The van der Waals surface area contributed by atoms with Crippen LogP contribution in [0.1, 0.15) is 17.3 Å². The molecule has 0 bridgehead atoms. The van der Waals surface area contributed by atoms with E-state index in [9.17, 15) is 9.59 Å². The van der Waals surface area contributed by atoms with Crippen molar-refractivity contribution < 1.29 is 19.1 Å². The molecule has 1 heterocycles. The minimum absolute atomic E-state index is 0.195. The molecule has 2 aromatic rings. The SMILES string of the molecule is COC(=O)c1cccc(O[C@H](C)C(=O)Nc2cccnc2Cl)c1. The van der Waals surface area contributed by atoms with Crippen LogP contribution in [-0.2, 0) is 9.53 Å². The predicted molar refractivity (Wildman–Crippen MR) is 85.7 cm³/mol. The second-order valence-corrected chi connectivity index (χ2v) is 4.97. The topological polar surface area (TPSA) is 77.5 Å². The fourth-order valence-corrected chi connectivity index (χ4v) is 1.95. The summed E-state index contributed by atoms with van der Waals surface area (Å²) in [4.78, 5) is 27.5. The largest absolute Gasteiger partial charge is 0.481 e. The summed E-state index contributed by atoms with van der Waals surface area (Å²) in [5.41, 5.74) is 0.742. The molecule has 0 radical (unpaired) electrons. The van der Waals surface area contributed by atoms with E-state index >= 15 is 0 Å². The van der Waals surface area contributed by atoms with Crippen molar-refractivity contribution in [2.24, 2.45) is 0 Å². The number of hydrogen-bond acceptors (Lipinski definition) is 5. The predicted octanol–water partition coefficient (Wildman–Crippen LogP) is 2.93. The van der Waals surface area contributed by atoms with Crippen LogP contribution in [0, 0.1) is 0 Å². The number of pyridine rings is 1. The zero-order valence-electron chi connectivity index (χ0n) is 12.6. The molecule has 1 aromatic carbocycles. The second-order valence-electron chi connectivity index (χ2n) is 4.61. The summed E-state index contributed by atoms with van der Waals surface area (Å²) in [5.74, 6) is -0.481. The molecular formula is C16H15ClN2O4. The van der Waals surface area contributed by atoms with Gasteiger partial charge >= 0.3 is 5.97 Å². The van der Waals surface area contributed by atoms with Crippen molar-refractivity contribution in [3.63, 3.8) is 0 Å². The van der Waals surface area contributed by atoms with E-state index in [-0.39, 0.29) is 11.1 Å². The number of benzene rings is 1. The third-order valence-electron chi connectivity index (χ3n) is 2.95. The Morgan fingerprint density at radius 2 is 2.04 bits per heavy atom. The van der Waals surface area contributed by atoms with Gasteiger partial charge in [0.1, 0.15) is 5.75 Å². The average Bonchev–Trinajstić information content (AvgIpc) is 2.56. The summed E-state index contributed by atoms with van der Waals surface area (Å²) in [7, 11) is 1.30. The highest BCUT2D eigenvalue weighted by molar-refractivity contribution is 6.32. The number of carbonyl (C=O) groups excluding carboxylic acids is 2. The van der Waals surface area contributed by atoms with Gasteiger partial charge in [-0.3, -0.25) is 4.79 Å². The van der Waals surface area contributed by atoms with Crippen molar-refractivity contribution >= 4 is 29.2 Å². The van der Waals surface area contributed by atoms with E-state index in [0.717, 1.165) is 0 Å². The van der Waals surface area contributed by atoms with E-state index in [0.29, 0.717) is 17.0 Å². The van der Waals surface area contributed by atoms with Crippen LogP contribution >= 0.6 is 11.6 Å². The van der Waals surface area contributed by atoms with Crippen molar-refractivity contribution in [1.29, 1.82) is 0 Å². The number of halogens is 1. The van der Waals surface area contributed by atoms with Crippen LogP contribution in [0.3, 0.4) is 0 Å². The second kappa shape index (κ2) is 7.60. The zero-order valence-corrected chi connectivity index (χ0v) is 13.3. The van der Waals surface area contributed by atoms with Gasteiger partial charge < -0.3 is 14.8 Å². The van der Waals surface area contributed by atoms with Crippen molar-refractivity contribution in [1.82, 2.24) is 4.98 Å². The lowest BCUT2D eigenvalue weighted by molar-refractivity contribution is -0.122. The zero-order chi connectivity index (χ0) is 16.8. The van der Waals surface area contributed by atoms with E-state index < -0.39 is 12.1 Å². The number of methoxy groups -OCH3 is 1. The van der Waals surface area contributed by atoms with Gasteiger partial charge in [0, 0.05) is 6.20 Å². The van der Waals surface area contributed by atoms with Gasteiger partial charge in [-0.05, 0) is 37.3 Å². The fraction of sp³-hybridized carbons (Fsp3) is 0.188. The summed E-state index contributed by atoms with van der Waals surface area (Å²) in [6.07, 6.45) is 0.732. The molecule has 2 rings (SSSR count). The van der Waals surface area contributed by atoms with Gasteiger partial charge in [-0.25, -0.2) is 9.78 Å². The molecule has 1 atom stereocenters. The van der Waals surface area contributed by atoms with E-state index in [1.54, 1.807) is 37.3 Å². The Balaban J connectivity index is 2.04. The monoisotopic (exact) mass is 334 g/mol. The van der Waals surface area contributed by atoms with Gasteiger partial charge in [-0.1, -0.05) is 17.7 Å². The van der Waals surface area contributed by atoms with Crippen LogP contribution in [0.5, 0.6) is 5.75 Å². The normalized spacial score (nSPS) is 11.4. The van der Waals surface area contributed by atoms with Gasteiger partial charge in [0.05, 0.1) is 18.4 Å². The Morgan fingerprint density at radius 3 is 2.74 bits per heavy atom. The van der Waals surface area contributed by atoms with Crippen LogP contribution in [-0.4, -0.2) is 30.1 Å². The summed E-state index contributed by atoms with van der Waals surface area (Å²) in [5, 5.41) is 2.82. The molecule has 0 saturated carbocycles. The quantitative estimate of drug-likeness (QED) is 0.672. The first kappa shape index (κ1) is 16.8. The molecule has 1 N–H and O–H groups in total. The first-order valence-corrected chi connectivity index (χ1v) is 7.15. The smallest absolute Gasteiger partial charge is 0.337 e. The maximum Gasteiger partial charge on any atom is 0.337 e. The van der Waals surface area contributed by atoms with Crippen LogP contribution in [0.15, 0.2) is 42.6 Å². The van der Waals surface area contributed by atoms with E-state index in [4.69, 9.17) is 16.3 Å². The lowest BCUT2D eigenvalue weighted by Crippen LogP contribution is -2.30. The molecule has 0 saturated heterocycles. The number of esters is 1. The number of aromatic nitrogens is 1. The number of ether oxygens (including phenoxy) is 2. The van der Waals surface area contributed by atoms with Crippen LogP contribution in [0.25, 0.3) is 0 Å². The summed E-state index contributed by atoms with van der Waals surface area (Å²) in [6, 6.07) is 9.69. The number of nitrogens with one attached hydrogen (secondary N) is 1. The summed E-state index contributed by atoms with van der Waals surface area (Å²) in [6.45, 7) is 1.59. The number of rotatable bonds is 5. The van der Waals surface area contributed by atoms with Gasteiger partial charge in [0.25, 0.3) is 5.91 Å². The molecule has 0 spiro atoms. The Labute approximate surface area is 138 Å². The third kappa shape index (κ3) is 4.43. The molecule has 1 aromatic heterocycles. The minimum atomic E-state index is -0.792. The molecule has 0 unspecified atom stereocenters. The Hall–Kier alpha value is -2.60. The molecule has 7 heteroatoms. The van der Waals surface area contributed by atoms with Crippen molar-refractivity contribution in [3.05, 3.63) is 53.3 Å². The van der Waals surface area contributed by atoms with Crippen molar-refractivity contribution in [2.45, 2.75) is 13.0 Å². The van der Waals surface area contributed by atoms with E-state index in [1.165, 1.54) is 19.4 Å². The lowest BCUT2D eigenvalue weighted by Gasteiger charge is -2.15. The molecule has 0 aliphatic rings. The van der Waals surface area contributed by atoms with Crippen molar-refractivity contribution in [3.8, 4) is 5.75 Å². The Kier molecular flexibility index (Phi) is 5.54. The van der Waals surface area contributed by atoms with Gasteiger partial charge in [0.15, 0.2) is 11.3 Å². The molecule has 0 aliphatic carbocycles. The first-order valence-electron chi connectivity index (χ1n) is 6.77. The maximum atomic E-state index is 12.1. The first-order chi connectivity index (χ1) is 11.0. The summed E-state index contributed by atoms with van der Waals surface area (Å²) < 4.78 is 10.2. The lowest BCUT2D eigenvalue weighted by atomic mass is 10.2. The van der Waals surface area contributed by atoms with E-state index in [1.807, 2.05) is 0 Å². The average molecular weight is 335 g/mol. The molecular weight excluding hydrogens is 320 g/mol. The Bertz CT molecular complexity index is 721. The minimum Gasteiger partial charge on any atom is -0.481 e. The summed E-state index contributed by atoms with van der Waals surface area (Å²) >= 11 is 5.89. The Morgan fingerprint density at radius 1 is 1.26 bits per heavy atom. The highest BCUT2D eigenvalue weighted by Crippen LogP contribution is 2.19. The number of amides is 1. The highest BCUT2D eigenvalue weighted by Gasteiger charge is 2.17. The third-order valence-corrected chi connectivity index (χ3v) is 3.26. The van der Waals surface area contributed by atoms with E-state index in [2.05, 4.69) is 15.0 Å². The van der Waals surface area contributed by atoms with Crippen LogP contribution in [0.4, 0.5) is 5.69 Å². The molecule has 6 nitrogen and oxygen atoms in total. The molecule has 0 aliphatic heterocycles. The fourth-order valence-electron chi connectivity index (χ4n) is 1.79. The van der Waals surface area contributed by atoms with Crippen LogP contribution in [0.2, 0.25) is 5.15 Å². The van der Waals surface area contributed by atoms with Crippen LogP contribution < -0.4 is 10.1 Å². The molecule has 0 fully saturated rings. The molecule has 1 amide bonds. The van der Waals surface area contributed by atoms with Gasteiger partial charge in [-0.15, -0.1) is 0 Å². The number of nitrogens with zero attached hydrogens (tertiary/aromatic N) is 1. The van der Waals surface area contributed by atoms with Gasteiger partial charge in [0.2, 0.25) is 0 Å². The molecule has 120 valence electrons. The highest BCUT2D eigenvalue weighted by atomic mass is 35.5. The maximum absolute atomic E-state index is 12.1. The van der Waals surface area contributed by atoms with Crippen molar-refractivity contribution in [2.75, 3.05) is 12.4 Å².